The van der Waals surface area contributed by atoms with Crippen molar-refractivity contribution in [1.29, 1.82) is 0 Å². The Bertz CT molecular complexity index is 613. The van der Waals surface area contributed by atoms with Crippen LogP contribution in [-0.2, 0) is 0 Å². The Morgan fingerprint density at radius 2 is 2.05 bits per heavy atom. The normalized spacial score (nSPS) is 18.2. The quantitative estimate of drug-likeness (QED) is 0.930. The lowest BCUT2D eigenvalue weighted by Crippen LogP contribution is -2.22. The third-order valence-electron chi connectivity index (χ3n) is 3.83. The fourth-order valence-electron chi connectivity index (χ4n) is 2.80. The van der Waals surface area contributed by atoms with Gasteiger partial charge in [-0.3, -0.25) is 4.98 Å². The molecule has 1 aliphatic heterocycles. The minimum Gasteiger partial charge on any atom is -0.478 e. The molecule has 1 aliphatic rings. The molecular weight excluding hydrogens is 252 g/mol. The van der Waals surface area contributed by atoms with E-state index in [0.29, 0.717) is 11.5 Å². The summed E-state index contributed by atoms with van der Waals surface area (Å²) in [5.74, 6) is -0.441. The summed E-state index contributed by atoms with van der Waals surface area (Å²) in [6.45, 7) is 1.71. The molecule has 1 fully saturated rings. The molecule has 1 unspecified atom stereocenters. The van der Waals surface area contributed by atoms with Gasteiger partial charge in [0, 0.05) is 25.2 Å². The maximum Gasteiger partial charge on any atom is 0.337 e. The van der Waals surface area contributed by atoms with E-state index in [1.54, 1.807) is 12.3 Å². The van der Waals surface area contributed by atoms with Gasteiger partial charge in [0.05, 0.1) is 17.4 Å². The van der Waals surface area contributed by atoms with Crippen LogP contribution in [0.15, 0.2) is 48.8 Å². The summed E-state index contributed by atoms with van der Waals surface area (Å²) < 4.78 is 0. The molecule has 2 heterocycles. The second kappa shape index (κ2) is 5.33. The van der Waals surface area contributed by atoms with E-state index < -0.39 is 5.97 Å². The van der Waals surface area contributed by atoms with E-state index in [1.807, 2.05) is 18.2 Å². The molecule has 0 spiro atoms. The maximum absolute atomic E-state index is 11.3. The van der Waals surface area contributed by atoms with Gasteiger partial charge < -0.3 is 10.0 Å². The number of rotatable bonds is 3. The number of carbonyl (C=O) groups is 1. The molecule has 0 bridgehead atoms. The summed E-state index contributed by atoms with van der Waals surface area (Å²) in [6, 6.07) is 11.9. The van der Waals surface area contributed by atoms with Crippen molar-refractivity contribution >= 4 is 11.7 Å². The first-order valence-corrected chi connectivity index (χ1v) is 6.73. The van der Waals surface area contributed by atoms with Gasteiger partial charge in [-0.15, -0.1) is 0 Å². The smallest absolute Gasteiger partial charge is 0.337 e. The minimum atomic E-state index is -0.898. The highest BCUT2D eigenvalue weighted by molar-refractivity contribution is 5.94. The van der Waals surface area contributed by atoms with Gasteiger partial charge >= 0.3 is 5.97 Å². The predicted octanol–water partition coefficient (Wildman–Crippen LogP) is 2.77. The van der Waals surface area contributed by atoms with Crippen molar-refractivity contribution in [2.75, 3.05) is 18.0 Å². The van der Waals surface area contributed by atoms with E-state index in [-0.39, 0.29) is 0 Å². The number of benzene rings is 1. The molecular formula is C16H16N2O2. The van der Waals surface area contributed by atoms with E-state index in [9.17, 15) is 9.90 Å². The van der Waals surface area contributed by atoms with Gasteiger partial charge in [0.2, 0.25) is 0 Å². The average molecular weight is 268 g/mol. The Labute approximate surface area is 117 Å². The lowest BCUT2D eigenvalue weighted by atomic mass is 9.99. The van der Waals surface area contributed by atoms with Crippen LogP contribution in [0.25, 0.3) is 0 Å². The molecule has 1 N–H and O–H groups in total. The maximum atomic E-state index is 11.3. The molecule has 3 rings (SSSR count). The van der Waals surface area contributed by atoms with Gasteiger partial charge in [-0.1, -0.05) is 30.3 Å². The van der Waals surface area contributed by atoms with E-state index >= 15 is 0 Å². The molecule has 1 aromatic carbocycles. The number of hydrogen-bond donors (Lipinski definition) is 1. The Balaban J connectivity index is 1.83. The number of anilines is 1. The zero-order chi connectivity index (χ0) is 13.9. The lowest BCUT2D eigenvalue weighted by molar-refractivity contribution is 0.0697. The van der Waals surface area contributed by atoms with Crippen molar-refractivity contribution in [2.45, 2.75) is 12.3 Å². The number of carboxylic acid groups (broad SMARTS) is 1. The summed E-state index contributed by atoms with van der Waals surface area (Å²) in [5, 5.41) is 9.25. The fraction of sp³-hybridized carbons (Fsp3) is 0.250. The van der Waals surface area contributed by atoms with E-state index in [2.05, 4.69) is 22.0 Å². The van der Waals surface area contributed by atoms with Crippen molar-refractivity contribution < 1.29 is 9.90 Å². The molecule has 4 heteroatoms. The summed E-state index contributed by atoms with van der Waals surface area (Å²) >= 11 is 0. The van der Waals surface area contributed by atoms with Crippen LogP contribution >= 0.6 is 0 Å². The van der Waals surface area contributed by atoms with Crippen LogP contribution in [-0.4, -0.2) is 29.1 Å². The van der Waals surface area contributed by atoms with Gasteiger partial charge in [-0.05, 0) is 18.1 Å². The van der Waals surface area contributed by atoms with E-state index in [0.717, 1.165) is 25.2 Å². The number of hydrogen-bond acceptors (Lipinski definition) is 3. The first-order chi connectivity index (χ1) is 9.75. The van der Waals surface area contributed by atoms with Crippen molar-refractivity contribution in [3.05, 3.63) is 59.9 Å². The molecule has 2 aromatic rings. The van der Waals surface area contributed by atoms with Gasteiger partial charge in [0.1, 0.15) is 0 Å². The number of carboxylic acids is 1. The number of nitrogens with zero attached hydrogens (tertiary/aromatic N) is 2. The molecule has 4 nitrogen and oxygen atoms in total. The Morgan fingerprint density at radius 3 is 2.80 bits per heavy atom. The zero-order valence-electron chi connectivity index (χ0n) is 11.1. The van der Waals surface area contributed by atoms with Crippen LogP contribution in [0.2, 0.25) is 0 Å². The minimum absolute atomic E-state index is 0.328. The van der Waals surface area contributed by atoms with Gasteiger partial charge in [-0.25, -0.2) is 4.79 Å². The number of pyridine rings is 1. The van der Waals surface area contributed by atoms with Crippen molar-refractivity contribution in [3.8, 4) is 0 Å². The predicted molar refractivity (Wildman–Crippen MR) is 77.2 cm³/mol. The standard InChI is InChI=1S/C16H16N2O2/c19-16(20)14-6-8-17-10-15(14)18-9-7-13(11-18)12-4-2-1-3-5-12/h1-6,8,10,13H,7,9,11H2,(H,19,20). The monoisotopic (exact) mass is 268 g/mol. The zero-order valence-corrected chi connectivity index (χ0v) is 11.1. The van der Waals surface area contributed by atoms with E-state index in [1.165, 1.54) is 11.8 Å². The molecule has 0 amide bonds. The third kappa shape index (κ3) is 2.37. The Kier molecular flexibility index (Phi) is 3.37. The van der Waals surface area contributed by atoms with Crippen molar-refractivity contribution in [2.24, 2.45) is 0 Å². The van der Waals surface area contributed by atoms with Gasteiger partial charge in [-0.2, -0.15) is 0 Å². The molecule has 0 aliphatic carbocycles. The summed E-state index contributed by atoms with van der Waals surface area (Å²) in [7, 11) is 0. The highest BCUT2D eigenvalue weighted by atomic mass is 16.4. The van der Waals surface area contributed by atoms with Crippen LogP contribution < -0.4 is 4.90 Å². The van der Waals surface area contributed by atoms with Crippen LogP contribution in [0, 0.1) is 0 Å². The van der Waals surface area contributed by atoms with Crippen LogP contribution in [0.5, 0.6) is 0 Å². The molecule has 20 heavy (non-hydrogen) atoms. The van der Waals surface area contributed by atoms with Crippen molar-refractivity contribution in [1.82, 2.24) is 4.98 Å². The largest absolute Gasteiger partial charge is 0.478 e. The Morgan fingerprint density at radius 1 is 1.25 bits per heavy atom. The summed E-state index contributed by atoms with van der Waals surface area (Å²) in [5.41, 5.74) is 2.36. The topological polar surface area (TPSA) is 53.4 Å². The molecule has 0 radical (unpaired) electrons. The first kappa shape index (κ1) is 12.7. The third-order valence-corrected chi connectivity index (χ3v) is 3.83. The second-order valence-electron chi connectivity index (χ2n) is 5.04. The Hall–Kier alpha value is -2.36. The average Bonchev–Trinajstić information content (AvgIpc) is 2.98. The molecule has 1 aromatic heterocycles. The highest BCUT2D eigenvalue weighted by Gasteiger charge is 2.26. The first-order valence-electron chi connectivity index (χ1n) is 6.73. The molecule has 1 saturated heterocycles. The van der Waals surface area contributed by atoms with E-state index in [4.69, 9.17) is 0 Å². The fourth-order valence-corrected chi connectivity index (χ4v) is 2.80. The lowest BCUT2D eigenvalue weighted by Gasteiger charge is -2.20. The SMILES string of the molecule is O=C(O)c1ccncc1N1CCC(c2ccccc2)C1. The number of aromatic nitrogens is 1. The second-order valence-corrected chi connectivity index (χ2v) is 5.04. The molecule has 0 saturated carbocycles. The van der Waals surface area contributed by atoms with Crippen LogP contribution in [0.3, 0.4) is 0 Å². The van der Waals surface area contributed by atoms with Crippen LogP contribution in [0.1, 0.15) is 28.3 Å². The molecule has 1 atom stereocenters. The van der Waals surface area contributed by atoms with Gasteiger partial charge in [0.15, 0.2) is 0 Å². The summed E-state index contributed by atoms with van der Waals surface area (Å²) in [6.07, 6.45) is 4.21. The van der Waals surface area contributed by atoms with Gasteiger partial charge in [0.25, 0.3) is 0 Å². The van der Waals surface area contributed by atoms with Crippen LogP contribution in [0.4, 0.5) is 5.69 Å². The van der Waals surface area contributed by atoms with Crippen molar-refractivity contribution in [3.63, 3.8) is 0 Å². The summed E-state index contributed by atoms with van der Waals surface area (Å²) in [4.78, 5) is 17.5. The molecule has 102 valence electrons. The number of aromatic carboxylic acids is 1. The highest BCUT2D eigenvalue weighted by Crippen LogP contribution is 2.31.